The molecule has 0 saturated carbocycles. The third kappa shape index (κ3) is 6.11. The Kier molecular flexibility index (Phi) is 7.46. The lowest BCUT2D eigenvalue weighted by atomic mass is 10.1. The van der Waals surface area contributed by atoms with Gasteiger partial charge in [-0.2, -0.15) is 5.10 Å². The summed E-state index contributed by atoms with van der Waals surface area (Å²) in [7, 11) is 0. The molecule has 0 aromatic carbocycles. The second-order valence-electron chi connectivity index (χ2n) is 8.13. The summed E-state index contributed by atoms with van der Waals surface area (Å²) in [5, 5.41) is 11.7. The van der Waals surface area contributed by atoms with Crippen molar-refractivity contribution < 1.29 is 9.59 Å². The molecule has 2 aliphatic rings. The smallest absolute Gasteiger partial charge is 0.192 e. The van der Waals surface area contributed by atoms with Crippen molar-refractivity contribution >= 4 is 51.6 Å². The standard InChI is InChI=1S/C26H24N4O2S3/c31-23(25-5-2-12-33-25)16-29-10-7-21(8-11-29)35-18-20-14-22(28-27-20)19-4-1-9-30(15-19)17-24(32)26-6-3-13-34-26/h1-3,5-15,21H,4,16-18H2,(H,27,28). The van der Waals surface area contributed by atoms with E-state index in [4.69, 9.17) is 0 Å². The lowest BCUT2D eigenvalue weighted by Gasteiger charge is -2.20. The van der Waals surface area contributed by atoms with Crippen molar-refractivity contribution in [2.24, 2.45) is 0 Å². The van der Waals surface area contributed by atoms with Crippen molar-refractivity contribution in [3.05, 3.63) is 105 Å². The van der Waals surface area contributed by atoms with Crippen LogP contribution >= 0.6 is 34.4 Å². The van der Waals surface area contributed by atoms with Gasteiger partial charge < -0.3 is 9.80 Å². The first-order valence-corrected chi connectivity index (χ1v) is 14.0. The number of hydrogen-bond acceptors (Lipinski definition) is 8. The Morgan fingerprint density at radius 2 is 1.69 bits per heavy atom. The Morgan fingerprint density at radius 1 is 1.00 bits per heavy atom. The SMILES string of the molecule is O=C(CN1C=CC(SCc2cc(C3=CN(CC(=O)c4cccs4)C=CC3)n[nH]2)C=C1)c1cccs1. The Balaban J connectivity index is 1.11. The van der Waals surface area contributed by atoms with Gasteiger partial charge in [-0.1, -0.05) is 30.4 Å². The van der Waals surface area contributed by atoms with Crippen LogP contribution in [0.1, 0.15) is 37.2 Å². The van der Waals surface area contributed by atoms with E-state index >= 15 is 0 Å². The normalized spacial score (nSPS) is 15.6. The number of aromatic nitrogens is 2. The van der Waals surface area contributed by atoms with E-state index < -0.39 is 0 Å². The number of nitrogens with one attached hydrogen (secondary N) is 1. The van der Waals surface area contributed by atoms with Gasteiger partial charge >= 0.3 is 0 Å². The van der Waals surface area contributed by atoms with E-state index in [1.807, 2.05) is 69.6 Å². The first-order chi connectivity index (χ1) is 17.1. The predicted octanol–water partition coefficient (Wildman–Crippen LogP) is 5.80. The van der Waals surface area contributed by atoms with E-state index in [1.54, 1.807) is 11.8 Å². The molecule has 5 rings (SSSR count). The summed E-state index contributed by atoms with van der Waals surface area (Å²) in [4.78, 5) is 30.1. The van der Waals surface area contributed by atoms with Crippen LogP contribution in [0.4, 0.5) is 0 Å². The van der Waals surface area contributed by atoms with Crippen molar-refractivity contribution in [1.29, 1.82) is 0 Å². The molecule has 3 aromatic rings. The van der Waals surface area contributed by atoms with Crippen molar-refractivity contribution in [3.63, 3.8) is 0 Å². The minimum Gasteiger partial charge on any atom is -0.347 e. The predicted molar refractivity (Wildman–Crippen MR) is 144 cm³/mol. The first-order valence-electron chi connectivity index (χ1n) is 11.2. The van der Waals surface area contributed by atoms with Crippen molar-refractivity contribution in [2.75, 3.05) is 13.1 Å². The third-order valence-corrected chi connectivity index (χ3v) is 8.52. The second kappa shape index (κ2) is 11.1. The second-order valence-corrected chi connectivity index (χ2v) is 11.2. The van der Waals surface area contributed by atoms with E-state index in [2.05, 4.69) is 34.5 Å². The summed E-state index contributed by atoms with van der Waals surface area (Å²) in [6, 6.07) is 9.61. The lowest BCUT2D eigenvalue weighted by Crippen LogP contribution is -2.22. The zero-order valence-corrected chi connectivity index (χ0v) is 21.3. The summed E-state index contributed by atoms with van der Waals surface area (Å²) in [5.74, 6) is 1.04. The molecular weight excluding hydrogens is 497 g/mol. The highest BCUT2D eigenvalue weighted by Crippen LogP contribution is 2.26. The Labute approximate surface area is 216 Å². The zero-order valence-electron chi connectivity index (χ0n) is 18.9. The Hall–Kier alpha value is -3.14. The number of ketones is 2. The largest absolute Gasteiger partial charge is 0.347 e. The van der Waals surface area contributed by atoms with Crippen molar-refractivity contribution in [2.45, 2.75) is 17.4 Å². The number of allylic oxidation sites excluding steroid dienone is 2. The fourth-order valence-corrected chi connectivity index (χ4v) is 5.95. The number of Topliss-reactive ketones (excluding diaryl/α,β-unsaturated/α-hetero) is 2. The molecule has 0 amide bonds. The number of hydrogen-bond donors (Lipinski definition) is 1. The van der Waals surface area contributed by atoms with Crippen LogP contribution in [0.5, 0.6) is 0 Å². The molecule has 0 spiro atoms. The summed E-state index contributed by atoms with van der Waals surface area (Å²) in [6.07, 6.45) is 15.0. The minimum absolute atomic E-state index is 0.115. The quantitative estimate of drug-likeness (QED) is 0.341. The molecule has 1 N–H and O–H groups in total. The molecule has 9 heteroatoms. The summed E-state index contributed by atoms with van der Waals surface area (Å²) in [6.45, 7) is 0.679. The van der Waals surface area contributed by atoms with Gasteiger partial charge in [-0.15, -0.1) is 34.4 Å². The molecule has 0 atom stereocenters. The summed E-state index contributed by atoms with van der Waals surface area (Å²) >= 11 is 4.74. The molecule has 0 saturated heterocycles. The molecule has 5 heterocycles. The van der Waals surface area contributed by atoms with Crippen molar-refractivity contribution in [1.82, 2.24) is 20.0 Å². The van der Waals surface area contributed by atoms with E-state index in [0.29, 0.717) is 13.1 Å². The number of thioether (sulfide) groups is 1. The fraction of sp³-hybridized carbons (Fsp3) is 0.192. The molecular formula is C26H24N4O2S3. The number of thiophene rings is 2. The highest BCUT2D eigenvalue weighted by molar-refractivity contribution is 7.99. The highest BCUT2D eigenvalue weighted by Gasteiger charge is 2.16. The molecule has 35 heavy (non-hydrogen) atoms. The van der Waals surface area contributed by atoms with E-state index in [9.17, 15) is 9.59 Å². The molecule has 0 unspecified atom stereocenters. The van der Waals surface area contributed by atoms with Gasteiger partial charge in [-0.25, -0.2) is 0 Å². The molecule has 2 aliphatic heterocycles. The number of aromatic amines is 1. The number of H-pyrrole nitrogens is 1. The molecule has 0 fully saturated rings. The maximum absolute atomic E-state index is 12.4. The van der Waals surface area contributed by atoms with Gasteiger partial charge in [-0.05, 0) is 41.0 Å². The molecule has 0 aliphatic carbocycles. The van der Waals surface area contributed by atoms with Gasteiger partial charge in [0, 0.05) is 41.5 Å². The average Bonchev–Trinajstić information content (AvgIpc) is 3.67. The van der Waals surface area contributed by atoms with Crippen LogP contribution in [0.15, 0.2) is 84.1 Å². The highest BCUT2D eigenvalue weighted by atomic mass is 32.2. The van der Waals surface area contributed by atoms with Crippen LogP contribution < -0.4 is 0 Å². The van der Waals surface area contributed by atoms with Crippen LogP contribution in [0.2, 0.25) is 0 Å². The van der Waals surface area contributed by atoms with Gasteiger partial charge in [0.05, 0.1) is 28.5 Å². The maximum atomic E-state index is 12.4. The van der Waals surface area contributed by atoms with Gasteiger partial charge in [0.25, 0.3) is 0 Å². The van der Waals surface area contributed by atoms with Crippen LogP contribution in [0.3, 0.4) is 0 Å². The average molecular weight is 521 g/mol. The third-order valence-electron chi connectivity index (χ3n) is 5.53. The lowest BCUT2D eigenvalue weighted by molar-refractivity contribution is 0.0965. The fourth-order valence-electron chi connectivity index (χ4n) is 3.75. The van der Waals surface area contributed by atoms with Gasteiger partial charge in [-0.3, -0.25) is 14.7 Å². The molecule has 3 aromatic heterocycles. The molecule has 0 radical (unpaired) electrons. The maximum Gasteiger partial charge on any atom is 0.192 e. The number of carbonyl (C=O) groups excluding carboxylic acids is 2. The Morgan fingerprint density at radius 3 is 2.34 bits per heavy atom. The van der Waals surface area contributed by atoms with E-state index in [1.165, 1.54) is 22.7 Å². The minimum atomic E-state index is 0.115. The summed E-state index contributed by atoms with van der Waals surface area (Å²) in [5.41, 5.74) is 3.05. The number of rotatable bonds is 10. The molecule has 6 nitrogen and oxygen atoms in total. The number of carbonyl (C=O) groups is 2. The number of nitrogens with zero attached hydrogens (tertiary/aromatic N) is 3. The van der Waals surface area contributed by atoms with Crippen LogP contribution in [0, 0.1) is 0 Å². The van der Waals surface area contributed by atoms with Crippen LogP contribution in [-0.4, -0.2) is 49.9 Å². The van der Waals surface area contributed by atoms with Gasteiger partial charge in [0.15, 0.2) is 11.6 Å². The topological polar surface area (TPSA) is 69.3 Å². The summed E-state index contributed by atoms with van der Waals surface area (Å²) < 4.78 is 0. The molecule has 0 bridgehead atoms. The zero-order chi connectivity index (χ0) is 24.0. The van der Waals surface area contributed by atoms with E-state index in [-0.39, 0.29) is 16.8 Å². The van der Waals surface area contributed by atoms with E-state index in [0.717, 1.165) is 38.9 Å². The van der Waals surface area contributed by atoms with Gasteiger partial charge in [0.2, 0.25) is 0 Å². The monoisotopic (exact) mass is 520 g/mol. The molecule has 178 valence electrons. The van der Waals surface area contributed by atoms with Crippen molar-refractivity contribution in [3.8, 4) is 0 Å². The van der Waals surface area contributed by atoms with Gasteiger partial charge in [0.1, 0.15) is 0 Å². The van der Waals surface area contributed by atoms with Crippen LogP contribution in [-0.2, 0) is 5.75 Å². The Bertz CT molecular complexity index is 1270. The first kappa shape index (κ1) is 23.6. The van der Waals surface area contributed by atoms with Crippen LogP contribution in [0.25, 0.3) is 5.57 Å².